The van der Waals surface area contributed by atoms with Gasteiger partial charge in [-0.25, -0.2) is 0 Å². The van der Waals surface area contributed by atoms with Gasteiger partial charge in [-0.05, 0) is 36.4 Å². The average molecular weight is 307 g/mol. The van der Waals surface area contributed by atoms with Crippen LogP contribution in [0, 0.1) is 0 Å². The van der Waals surface area contributed by atoms with Gasteiger partial charge >= 0.3 is 0 Å². The van der Waals surface area contributed by atoms with Gasteiger partial charge in [-0.2, -0.15) is 0 Å². The molecule has 0 aliphatic carbocycles. The maximum absolute atomic E-state index is 11.9. The van der Waals surface area contributed by atoms with E-state index in [9.17, 15) is 9.59 Å². The Morgan fingerprint density at radius 1 is 1.14 bits per heavy atom. The Balaban J connectivity index is 1.98. The summed E-state index contributed by atoms with van der Waals surface area (Å²) in [5.41, 5.74) is 5.66. The van der Waals surface area contributed by atoms with Crippen LogP contribution in [0.5, 0.6) is 5.75 Å². The molecule has 0 spiro atoms. The van der Waals surface area contributed by atoms with E-state index in [0.717, 1.165) is 0 Å². The predicted molar refractivity (Wildman–Crippen MR) is 76.1 cm³/mol. The SMILES string of the molecule is NC(=O)COc1ccc(NC(=O)c2ccc(Cl)nn2)cc1. The van der Waals surface area contributed by atoms with Crippen LogP contribution in [-0.4, -0.2) is 28.6 Å². The van der Waals surface area contributed by atoms with Gasteiger partial charge in [-0.15, -0.1) is 10.2 Å². The summed E-state index contributed by atoms with van der Waals surface area (Å²) in [6.45, 7) is -0.202. The molecule has 8 heteroatoms. The Bertz CT molecular complexity index is 643. The number of nitrogens with two attached hydrogens (primary N) is 1. The first-order valence-electron chi connectivity index (χ1n) is 5.86. The van der Waals surface area contributed by atoms with Crippen molar-refractivity contribution >= 4 is 29.1 Å². The molecule has 2 amide bonds. The highest BCUT2D eigenvalue weighted by Crippen LogP contribution is 2.16. The lowest BCUT2D eigenvalue weighted by Crippen LogP contribution is -2.20. The molecular formula is C13H11ClN4O3. The summed E-state index contributed by atoms with van der Waals surface area (Å²) in [4.78, 5) is 22.5. The first kappa shape index (κ1) is 14.7. The summed E-state index contributed by atoms with van der Waals surface area (Å²) >= 11 is 5.59. The fourth-order valence-electron chi connectivity index (χ4n) is 1.42. The Kier molecular flexibility index (Phi) is 4.68. The minimum absolute atomic E-state index is 0.147. The van der Waals surface area contributed by atoms with E-state index in [2.05, 4.69) is 15.5 Å². The normalized spacial score (nSPS) is 9.95. The number of aromatic nitrogens is 2. The number of nitrogens with zero attached hydrogens (tertiary/aromatic N) is 2. The Morgan fingerprint density at radius 3 is 2.43 bits per heavy atom. The summed E-state index contributed by atoms with van der Waals surface area (Å²) in [7, 11) is 0. The van der Waals surface area contributed by atoms with Crippen LogP contribution >= 0.6 is 11.6 Å². The molecule has 0 saturated heterocycles. The maximum Gasteiger partial charge on any atom is 0.276 e. The topological polar surface area (TPSA) is 107 Å². The van der Waals surface area contributed by atoms with Crippen molar-refractivity contribution in [2.75, 3.05) is 11.9 Å². The third-order valence-electron chi connectivity index (χ3n) is 2.36. The van der Waals surface area contributed by atoms with E-state index < -0.39 is 11.8 Å². The number of benzene rings is 1. The van der Waals surface area contributed by atoms with E-state index in [1.807, 2.05) is 0 Å². The van der Waals surface area contributed by atoms with Crippen molar-refractivity contribution in [1.29, 1.82) is 0 Å². The minimum Gasteiger partial charge on any atom is -0.484 e. The fraction of sp³-hybridized carbons (Fsp3) is 0.0769. The molecule has 108 valence electrons. The Morgan fingerprint density at radius 2 is 1.86 bits per heavy atom. The monoisotopic (exact) mass is 306 g/mol. The standard InChI is InChI=1S/C13H11ClN4O3/c14-11-6-5-10(17-18-11)13(20)16-8-1-3-9(4-2-8)21-7-12(15)19/h1-6H,7H2,(H2,15,19)(H,16,20). The second kappa shape index (κ2) is 6.67. The summed E-state index contributed by atoms with van der Waals surface area (Å²) in [5.74, 6) is -0.503. The highest BCUT2D eigenvalue weighted by molar-refractivity contribution is 6.29. The second-order valence-electron chi connectivity index (χ2n) is 3.97. The molecule has 0 radical (unpaired) electrons. The van der Waals surface area contributed by atoms with Gasteiger partial charge in [0.2, 0.25) is 0 Å². The molecule has 1 aromatic heterocycles. The van der Waals surface area contributed by atoms with E-state index >= 15 is 0 Å². The van der Waals surface area contributed by atoms with E-state index in [-0.39, 0.29) is 17.5 Å². The van der Waals surface area contributed by atoms with Gasteiger partial charge in [-0.1, -0.05) is 11.6 Å². The van der Waals surface area contributed by atoms with Crippen molar-refractivity contribution in [1.82, 2.24) is 10.2 Å². The van der Waals surface area contributed by atoms with Crippen LogP contribution in [0.4, 0.5) is 5.69 Å². The predicted octanol–water partition coefficient (Wildman–Crippen LogP) is 1.25. The van der Waals surface area contributed by atoms with Gasteiger partial charge < -0.3 is 15.8 Å². The van der Waals surface area contributed by atoms with Crippen LogP contribution in [0.3, 0.4) is 0 Å². The number of carbonyl (C=O) groups excluding carboxylic acids is 2. The molecule has 0 saturated carbocycles. The van der Waals surface area contributed by atoms with Crippen LogP contribution in [0.2, 0.25) is 5.15 Å². The summed E-state index contributed by atoms with van der Waals surface area (Å²) < 4.78 is 5.10. The number of rotatable bonds is 5. The van der Waals surface area contributed by atoms with E-state index in [0.29, 0.717) is 11.4 Å². The summed E-state index contributed by atoms with van der Waals surface area (Å²) in [5, 5.41) is 10.1. The van der Waals surface area contributed by atoms with E-state index in [1.165, 1.54) is 12.1 Å². The molecule has 2 aromatic rings. The molecule has 0 atom stereocenters. The first-order chi connectivity index (χ1) is 10.0. The Hall–Kier alpha value is -2.67. The molecular weight excluding hydrogens is 296 g/mol. The highest BCUT2D eigenvalue weighted by atomic mass is 35.5. The number of amides is 2. The lowest BCUT2D eigenvalue weighted by Gasteiger charge is -2.06. The lowest BCUT2D eigenvalue weighted by atomic mass is 10.3. The first-order valence-corrected chi connectivity index (χ1v) is 6.24. The zero-order valence-corrected chi connectivity index (χ0v) is 11.5. The molecule has 1 aromatic carbocycles. The third-order valence-corrected chi connectivity index (χ3v) is 2.56. The number of halogens is 1. The van der Waals surface area contributed by atoms with Crippen LogP contribution in [0.1, 0.15) is 10.5 Å². The zero-order valence-electron chi connectivity index (χ0n) is 10.7. The molecule has 1 heterocycles. The van der Waals surface area contributed by atoms with Crippen molar-refractivity contribution in [3.8, 4) is 5.75 Å². The lowest BCUT2D eigenvalue weighted by molar-refractivity contribution is -0.119. The molecule has 2 rings (SSSR count). The zero-order chi connectivity index (χ0) is 15.2. The van der Waals surface area contributed by atoms with Crippen molar-refractivity contribution in [3.05, 3.63) is 47.2 Å². The quantitative estimate of drug-likeness (QED) is 0.864. The number of carbonyl (C=O) groups is 2. The van der Waals surface area contributed by atoms with Crippen molar-refractivity contribution < 1.29 is 14.3 Å². The summed E-state index contributed by atoms with van der Waals surface area (Å²) in [6, 6.07) is 9.40. The van der Waals surface area contributed by atoms with Crippen LogP contribution in [-0.2, 0) is 4.79 Å². The maximum atomic E-state index is 11.9. The molecule has 7 nitrogen and oxygen atoms in total. The van der Waals surface area contributed by atoms with Crippen molar-refractivity contribution in [3.63, 3.8) is 0 Å². The number of anilines is 1. The largest absolute Gasteiger partial charge is 0.484 e. The number of hydrogen-bond donors (Lipinski definition) is 2. The Labute approximate surface area is 125 Å². The summed E-state index contributed by atoms with van der Waals surface area (Å²) in [6.07, 6.45) is 0. The number of nitrogens with one attached hydrogen (secondary N) is 1. The molecule has 0 bridgehead atoms. The minimum atomic E-state index is -0.561. The average Bonchev–Trinajstić information content (AvgIpc) is 2.47. The highest BCUT2D eigenvalue weighted by Gasteiger charge is 2.08. The van der Waals surface area contributed by atoms with Gasteiger partial charge in [0.1, 0.15) is 5.75 Å². The molecule has 0 unspecified atom stereocenters. The number of primary amides is 1. The van der Waals surface area contributed by atoms with Gasteiger partial charge in [0.25, 0.3) is 11.8 Å². The van der Waals surface area contributed by atoms with Crippen molar-refractivity contribution in [2.45, 2.75) is 0 Å². The van der Waals surface area contributed by atoms with Crippen molar-refractivity contribution in [2.24, 2.45) is 5.73 Å². The van der Waals surface area contributed by atoms with Gasteiger partial charge in [0.15, 0.2) is 17.5 Å². The fourth-order valence-corrected chi connectivity index (χ4v) is 1.52. The second-order valence-corrected chi connectivity index (χ2v) is 4.36. The van der Waals surface area contributed by atoms with Crippen LogP contribution < -0.4 is 15.8 Å². The number of ether oxygens (including phenoxy) is 1. The molecule has 21 heavy (non-hydrogen) atoms. The number of hydrogen-bond acceptors (Lipinski definition) is 5. The van der Waals surface area contributed by atoms with Crippen LogP contribution in [0.25, 0.3) is 0 Å². The van der Waals surface area contributed by atoms with E-state index in [1.54, 1.807) is 24.3 Å². The molecule has 0 fully saturated rings. The van der Waals surface area contributed by atoms with Gasteiger partial charge in [0, 0.05) is 5.69 Å². The molecule has 0 aliphatic rings. The molecule has 0 aliphatic heterocycles. The van der Waals surface area contributed by atoms with Crippen LogP contribution in [0.15, 0.2) is 36.4 Å². The van der Waals surface area contributed by atoms with E-state index in [4.69, 9.17) is 22.1 Å². The van der Waals surface area contributed by atoms with Gasteiger partial charge in [0.05, 0.1) is 0 Å². The smallest absolute Gasteiger partial charge is 0.276 e. The van der Waals surface area contributed by atoms with Gasteiger partial charge in [-0.3, -0.25) is 9.59 Å². The third kappa shape index (κ3) is 4.43. The molecule has 3 N–H and O–H groups in total.